The minimum atomic E-state index is -0.479. The third-order valence-electron chi connectivity index (χ3n) is 6.48. The number of hydrogen-bond acceptors (Lipinski definition) is 10. The van der Waals surface area contributed by atoms with Gasteiger partial charge in [0.1, 0.15) is 5.60 Å². The summed E-state index contributed by atoms with van der Waals surface area (Å²) in [5.74, 6) is 1.40. The topological polar surface area (TPSA) is 127 Å². The molecule has 0 radical (unpaired) electrons. The van der Waals surface area contributed by atoms with Crippen molar-refractivity contribution >= 4 is 29.3 Å². The summed E-state index contributed by atoms with van der Waals surface area (Å²) < 4.78 is 11.0. The Kier molecular flexibility index (Phi) is 7.37. The second kappa shape index (κ2) is 10.1. The predicted molar refractivity (Wildman–Crippen MR) is 133 cm³/mol. The number of ether oxygens (including phenoxy) is 1. The molecular formula is C23H35ClN8O3. The lowest BCUT2D eigenvalue weighted by atomic mass is 9.98. The van der Waals surface area contributed by atoms with E-state index in [0.717, 1.165) is 38.9 Å². The van der Waals surface area contributed by atoms with Crippen LogP contribution in [0.1, 0.15) is 52.8 Å². The van der Waals surface area contributed by atoms with Crippen molar-refractivity contribution in [1.29, 1.82) is 0 Å². The Morgan fingerprint density at radius 3 is 2.49 bits per heavy atom. The lowest BCUT2D eigenvalue weighted by Gasteiger charge is -2.47. The first-order valence-corrected chi connectivity index (χ1v) is 12.6. The molecule has 4 heterocycles. The van der Waals surface area contributed by atoms with Crippen LogP contribution in [0.2, 0.25) is 5.15 Å². The van der Waals surface area contributed by atoms with E-state index in [1.54, 1.807) is 6.92 Å². The molecule has 0 bridgehead atoms. The number of piperazine rings is 1. The second-order valence-corrected chi connectivity index (χ2v) is 10.5. The maximum absolute atomic E-state index is 12.4. The van der Waals surface area contributed by atoms with Gasteiger partial charge in [0.15, 0.2) is 22.5 Å². The number of likely N-dealkylation sites (tertiary alicyclic amines) is 1. The molecule has 1 atom stereocenters. The zero-order valence-electron chi connectivity index (χ0n) is 21.1. The quantitative estimate of drug-likeness (QED) is 0.659. The second-order valence-electron chi connectivity index (χ2n) is 10.1. The number of amides is 1. The van der Waals surface area contributed by atoms with Crippen LogP contribution in [0.15, 0.2) is 4.42 Å². The molecule has 11 nitrogen and oxygen atoms in total. The Labute approximate surface area is 211 Å². The number of aromatic nitrogens is 4. The van der Waals surface area contributed by atoms with Crippen LogP contribution in [0.25, 0.3) is 11.6 Å². The van der Waals surface area contributed by atoms with Crippen molar-refractivity contribution < 1.29 is 13.9 Å². The van der Waals surface area contributed by atoms with Crippen molar-refractivity contribution in [2.75, 3.05) is 43.4 Å². The molecule has 192 valence electrons. The third kappa shape index (κ3) is 5.78. The Balaban J connectivity index is 1.40. The van der Waals surface area contributed by atoms with Crippen LogP contribution in [0, 0.1) is 6.92 Å². The molecule has 0 saturated carbocycles. The maximum Gasteiger partial charge on any atom is 0.410 e. The lowest BCUT2D eigenvalue weighted by Crippen LogP contribution is -2.59. The van der Waals surface area contributed by atoms with Gasteiger partial charge in [-0.25, -0.2) is 14.8 Å². The first kappa shape index (κ1) is 25.4. The summed E-state index contributed by atoms with van der Waals surface area (Å²) in [5, 5.41) is 8.06. The number of aryl methyl sites for hydroxylation is 1. The fraction of sp³-hybridized carbons (Fsp3) is 0.696. The van der Waals surface area contributed by atoms with Crippen molar-refractivity contribution in [2.24, 2.45) is 0 Å². The van der Waals surface area contributed by atoms with Gasteiger partial charge >= 0.3 is 6.09 Å². The third-order valence-corrected chi connectivity index (χ3v) is 6.73. The molecule has 2 aliphatic heterocycles. The van der Waals surface area contributed by atoms with Gasteiger partial charge in [-0.1, -0.05) is 18.5 Å². The molecule has 2 aliphatic rings. The molecule has 0 unspecified atom stereocenters. The Bertz CT molecular complexity index is 1050. The number of rotatable bonds is 4. The summed E-state index contributed by atoms with van der Waals surface area (Å²) >= 11 is 6.54. The highest BCUT2D eigenvalue weighted by molar-refractivity contribution is 6.32. The number of carbonyl (C=O) groups is 1. The van der Waals surface area contributed by atoms with Crippen LogP contribution in [-0.4, -0.2) is 86.5 Å². The van der Waals surface area contributed by atoms with E-state index in [-0.39, 0.29) is 23.0 Å². The van der Waals surface area contributed by atoms with Crippen LogP contribution in [0.5, 0.6) is 0 Å². The maximum atomic E-state index is 12.4. The Morgan fingerprint density at radius 2 is 1.89 bits per heavy atom. The minimum Gasteiger partial charge on any atom is -0.444 e. The van der Waals surface area contributed by atoms with Crippen molar-refractivity contribution in [3.8, 4) is 11.6 Å². The SMILES string of the molecule is CC[C@H]1CN(c2nc(N)c(-c3nnc(C)o3)nc2Cl)CCN1C1CCN(C(=O)OC(C)(C)C)CC1. The molecule has 2 saturated heterocycles. The van der Waals surface area contributed by atoms with E-state index in [1.807, 2.05) is 25.7 Å². The number of nitrogens with zero attached hydrogens (tertiary/aromatic N) is 7. The van der Waals surface area contributed by atoms with Crippen LogP contribution < -0.4 is 10.6 Å². The van der Waals surface area contributed by atoms with E-state index >= 15 is 0 Å². The van der Waals surface area contributed by atoms with Gasteiger partial charge in [-0.3, -0.25) is 4.90 Å². The number of nitrogen functional groups attached to an aromatic ring is 1. The van der Waals surface area contributed by atoms with Crippen molar-refractivity contribution in [3.05, 3.63) is 11.0 Å². The fourth-order valence-electron chi connectivity index (χ4n) is 4.78. The van der Waals surface area contributed by atoms with Crippen molar-refractivity contribution in [1.82, 2.24) is 30.0 Å². The molecule has 35 heavy (non-hydrogen) atoms. The number of halogens is 1. The van der Waals surface area contributed by atoms with Gasteiger partial charge in [-0.15, -0.1) is 10.2 Å². The first-order chi connectivity index (χ1) is 16.6. The molecule has 0 aliphatic carbocycles. The van der Waals surface area contributed by atoms with Gasteiger partial charge in [-0.2, -0.15) is 0 Å². The van der Waals surface area contributed by atoms with Crippen LogP contribution in [-0.2, 0) is 4.74 Å². The number of anilines is 2. The summed E-state index contributed by atoms with van der Waals surface area (Å²) in [6.07, 6.45) is 2.63. The van der Waals surface area contributed by atoms with Gasteiger partial charge < -0.3 is 24.7 Å². The number of hydrogen-bond donors (Lipinski definition) is 1. The Morgan fingerprint density at radius 1 is 1.17 bits per heavy atom. The molecule has 0 spiro atoms. The minimum absolute atomic E-state index is 0.204. The monoisotopic (exact) mass is 506 g/mol. The van der Waals surface area contributed by atoms with E-state index < -0.39 is 5.60 Å². The fourth-order valence-corrected chi connectivity index (χ4v) is 5.03. The molecule has 12 heteroatoms. The van der Waals surface area contributed by atoms with Crippen LogP contribution in [0.4, 0.5) is 16.4 Å². The number of piperidine rings is 1. The molecule has 2 aromatic heterocycles. The van der Waals surface area contributed by atoms with Gasteiger partial charge in [0.2, 0.25) is 5.89 Å². The lowest BCUT2D eigenvalue weighted by molar-refractivity contribution is 0.00944. The van der Waals surface area contributed by atoms with Gasteiger partial charge in [-0.05, 0) is 40.0 Å². The van der Waals surface area contributed by atoms with E-state index in [0.29, 0.717) is 42.6 Å². The van der Waals surface area contributed by atoms with Crippen molar-refractivity contribution in [3.63, 3.8) is 0 Å². The standard InChI is InChI=1S/C23H35ClN8O3/c1-6-15-13-31(20-18(24)26-17(19(25)27-20)21-29-28-14(2)34-21)11-12-32(15)16-7-9-30(10-8-16)22(33)35-23(3,4)5/h15-16H,6-13H2,1-5H3,(H2,25,27)/t15-/m0/s1. The van der Waals surface area contributed by atoms with E-state index in [9.17, 15) is 4.79 Å². The predicted octanol–water partition coefficient (Wildman–Crippen LogP) is 3.37. The van der Waals surface area contributed by atoms with E-state index in [1.165, 1.54) is 0 Å². The summed E-state index contributed by atoms with van der Waals surface area (Å²) in [6, 6.07) is 0.759. The largest absolute Gasteiger partial charge is 0.444 e. The molecular weight excluding hydrogens is 472 g/mol. The van der Waals surface area contributed by atoms with E-state index in [2.05, 4.69) is 36.9 Å². The zero-order valence-corrected chi connectivity index (χ0v) is 21.9. The van der Waals surface area contributed by atoms with Crippen LogP contribution >= 0.6 is 11.6 Å². The zero-order chi connectivity index (χ0) is 25.3. The average Bonchev–Trinajstić information content (AvgIpc) is 3.25. The summed E-state index contributed by atoms with van der Waals surface area (Å²) in [4.78, 5) is 27.9. The van der Waals surface area contributed by atoms with Gasteiger partial charge in [0.25, 0.3) is 5.89 Å². The molecule has 0 aromatic carbocycles. The Hall–Kier alpha value is -2.66. The summed E-state index contributed by atoms with van der Waals surface area (Å²) in [5.41, 5.74) is 6.00. The number of nitrogens with two attached hydrogens (primary N) is 1. The highest BCUT2D eigenvalue weighted by atomic mass is 35.5. The van der Waals surface area contributed by atoms with E-state index in [4.69, 9.17) is 26.5 Å². The molecule has 1 amide bonds. The summed E-state index contributed by atoms with van der Waals surface area (Å²) in [6.45, 7) is 13.4. The molecule has 2 fully saturated rings. The van der Waals surface area contributed by atoms with Gasteiger partial charge in [0, 0.05) is 51.7 Å². The highest BCUT2D eigenvalue weighted by Gasteiger charge is 2.36. The van der Waals surface area contributed by atoms with Crippen molar-refractivity contribution in [2.45, 2.75) is 71.6 Å². The molecule has 2 N–H and O–H groups in total. The number of carbonyl (C=O) groups excluding carboxylic acids is 1. The summed E-state index contributed by atoms with van der Waals surface area (Å²) in [7, 11) is 0. The van der Waals surface area contributed by atoms with Crippen LogP contribution in [0.3, 0.4) is 0 Å². The smallest absolute Gasteiger partial charge is 0.410 e. The first-order valence-electron chi connectivity index (χ1n) is 12.2. The average molecular weight is 507 g/mol. The van der Waals surface area contributed by atoms with Gasteiger partial charge in [0.05, 0.1) is 0 Å². The normalized spacial score (nSPS) is 20.3. The molecule has 4 rings (SSSR count). The highest BCUT2D eigenvalue weighted by Crippen LogP contribution is 2.32. The molecule has 2 aromatic rings.